The van der Waals surface area contributed by atoms with E-state index < -0.39 is 11.7 Å². The lowest BCUT2D eigenvalue weighted by Gasteiger charge is -2.10. The first-order valence-electron chi connectivity index (χ1n) is 5.81. The predicted octanol–water partition coefficient (Wildman–Crippen LogP) is 5.08. The molecule has 0 aliphatic heterocycles. The van der Waals surface area contributed by atoms with Crippen LogP contribution in [0.25, 0.3) is 5.57 Å². The van der Waals surface area contributed by atoms with Crippen LogP contribution in [0.5, 0.6) is 0 Å². The van der Waals surface area contributed by atoms with Crippen molar-refractivity contribution in [3.05, 3.63) is 77.4 Å². The summed E-state index contributed by atoms with van der Waals surface area (Å²) in [5.74, 6) is 0. The number of aryl methyl sites for hydroxylation is 1. The fourth-order valence-electron chi connectivity index (χ4n) is 1.78. The molecule has 0 nitrogen and oxygen atoms in total. The Bertz CT molecular complexity index is 575. The third-order valence-electron chi connectivity index (χ3n) is 2.96. The minimum atomic E-state index is -4.30. The minimum absolute atomic E-state index is 0.645. The van der Waals surface area contributed by atoms with E-state index in [-0.39, 0.29) is 0 Å². The van der Waals surface area contributed by atoms with Crippen molar-refractivity contribution in [2.45, 2.75) is 13.1 Å². The van der Waals surface area contributed by atoms with Crippen molar-refractivity contribution in [2.24, 2.45) is 0 Å². The number of halogens is 3. The van der Waals surface area contributed by atoms with Crippen LogP contribution in [-0.2, 0) is 6.18 Å². The third kappa shape index (κ3) is 3.05. The molecule has 0 aliphatic rings. The second kappa shape index (κ2) is 4.92. The van der Waals surface area contributed by atoms with Gasteiger partial charge in [-0.15, -0.1) is 0 Å². The monoisotopic (exact) mass is 262 g/mol. The molecule has 0 bridgehead atoms. The number of hydrogen-bond donors (Lipinski definition) is 0. The van der Waals surface area contributed by atoms with Gasteiger partial charge in [-0.05, 0) is 35.8 Å². The molecule has 0 radical (unpaired) electrons. The maximum absolute atomic E-state index is 12.5. The zero-order chi connectivity index (χ0) is 14.0. The van der Waals surface area contributed by atoms with Gasteiger partial charge in [0.2, 0.25) is 0 Å². The maximum Gasteiger partial charge on any atom is 0.416 e. The summed E-state index contributed by atoms with van der Waals surface area (Å²) in [6.45, 7) is 5.91. The summed E-state index contributed by atoms with van der Waals surface area (Å²) in [6.07, 6.45) is -4.30. The molecule has 19 heavy (non-hydrogen) atoms. The fourth-order valence-corrected chi connectivity index (χ4v) is 1.78. The third-order valence-corrected chi connectivity index (χ3v) is 2.96. The van der Waals surface area contributed by atoms with Crippen LogP contribution < -0.4 is 0 Å². The predicted molar refractivity (Wildman–Crippen MR) is 70.8 cm³/mol. The summed E-state index contributed by atoms with van der Waals surface area (Å²) < 4.78 is 37.4. The van der Waals surface area contributed by atoms with Crippen molar-refractivity contribution in [1.82, 2.24) is 0 Å². The quantitative estimate of drug-likeness (QED) is 0.708. The average Bonchev–Trinajstić information content (AvgIpc) is 2.38. The van der Waals surface area contributed by atoms with E-state index in [0.717, 1.165) is 23.3 Å². The molecule has 0 saturated carbocycles. The van der Waals surface area contributed by atoms with Gasteiger partial charge in [0.05, 0.1) is 5.56 Å². The van der Waals surface area contributed by atoms with Crippen LogP contribution in [0.3, 0.4) is 0 Å². The van der Waals surface area contributed by atoms with Crippen LogP contribution >= 0.6 is 0 Å². The van der Waals surface area contributed by atoms with Crippen LogP contribution in [-0.4, -0.2) is 0 Å². The lowest BCUT2D eigenvalue weighted by molar-refractivity contribution is -0.137. The number of rotatable bonds is 2. The van der Waals surface area contributed by atoms with Gasteiger partial charge in [0.1, 0.15) is 0 Å². The second-order valence-electron chi connectivity index (χ2n) is 4.42. The Balaban J connectivity index is 2.27. The lowest BCUT2D eigenvalue weighted by Crippen LogP contribution is -2.04. The van der Waals surface area contributed by atoms with E-state index in [2.05, 4.69) is 6.58 Å². The number of hydrogen-bond acceptors (Lipinski definition) is 0. The fraction of sp³-hybridized carbons (Fsp3) is 0.125. The van der Waals surface area contributed by atoms with Crippen molar-refractivity contribution >= 4 is 5.57 Å². The van der Waals surface area contributed by atoms with Gasteiger partial charge in [0.15, 0.2) is 0 Å². The largest absolute Gasteiger partial charge is 0.416 e. The molecular formula is C16H13F3. The Kier molecular flexibility index (Phi) is 3.47. The Hall–Kier alpha value is -2.03. The summed E-state index contributed by atoms with van der Waals surface area (Å²) in [4.78, 5) is 0. The zero-order valence-corrected chi connectivity index (χ0v) is 10.5. The SMILES string of the molecule is C=C(c1ccc(C)cc1)c1ccc(C(F)(F)F)cc1. The van der Waals surface area contributed by atoms with Gasteiger partial charge in [-0.3, -0.25) is 0 Å². The molecule has 0 heterocycles. The van der Waals surface area contributed by atoms with Crippen LogP contribution in [0.2, 0.25) is 0 Å². The maximum atomic E-state index is 12.5. The second-order valence-corrected chi connectivity index (χ2v) is 4.42. The molecule has 0 aromatic heterocycles. The van der Waals surface area contributed by atoms with Gasteiger partial charge in [-0.25, -0.2) is 0 Å². The molecule has 0 amide bonds. The number of alkyl halides is 3. The average molecular weight is 262 g/mol. The summed E-state index contributed by atoms with van der Waals surface area (Å²) in [7, 11) is 0. The van der Waals surface area contributed by atoms with Crippen LogP contribution in [0.1, 0.15) is 22.3 Å². The van der Waals surface area contributed by atoms with Gasteiger partial charge in [-0.1, -0.05) is 48.5 Å². The first kappa shape index (κ1) is 13.4. The molecule has 2 rings (SSSR count). The lowest BCUT2D eigenvalue weighted by atomic mass is 9.98. The molecule has 0 spiro atoms. The van der Waals surface area contributed by atoms with E-state index in [1.807, 2.05) is 31.2 Å². The van der Waals surface area contributed by atoms with Crippen molar-refractivity contribution < 1.29 is 13.2 Å². The standard InChI is InChI=1S/C16H13F3/c1-11-3-5-13(6-4-11)12(2)14-7-9-15(10-8-14)16(17,18)19/h3-10H,2H2,1H3. The van der Waals surface area contributed by atoms with Crippen molar-refractivity contribution in [3.8, 4) is 0 Å². The van der Waals surface area contributed by atoms with E-state index >= 15 is 0 Å². The van der Waals surface area contributed by atoms with Crippen LogP contribution in [0.15, 0.2) is 55.1 Å². The van der Waals surface area contributed by atoms with E-state index in [4.69, 9.17) is 0 Å². The van der Waals surface area contributed by atoms with E-state index in [0.29, 0.717) is 11.1 Å². The Morgan fingerprint density at radius 2 is 1.26 bits per heavy atom. The highest BCUT2D eigenvalue weighted by molar-refractivity contribution is 5.78. The summed E-state index contributed by atoms with van der Waals surface area (Å²) >= 11 is 0. The van der Waals surface area contributed by atoms with E-state index in [9.17, 15) is 13.2 Å². The summed E-state index contributed by atoms with van der Waals surface area (Å²) in [5, 5.41) is 0. The van der Waals surface area contributed by atoms with Gasteiger partial charge >= 0.3 is 6.18 Å². The summed E-state index contributed by atoms with van der Waals surface area (Å²) in [6, 6.07) is 12.8. The molecule has 0 unspecified atom stereocenters. The van der Waals surface area contributed by atoms with Crippen LogP contribution in [0, 0.1) is 6.92 Å². The molecule has 2 aromatic carbocycles. The molecule has 3 heteroatoms. The highest BCUT2D eigenvalue weighted by atomic mass is 19.4. The van der Waals surface area contributed by atoms with E-state index in [1.54, 1.807) is 0 Å². The topological polar surface area (TPSA) is 0 Å². The number of benzene rings is 2. The summed E-state index contributed by atoms with van der Waals surface area (Å²) in [5.41, 5.74) is 2.80. The van der Waals surface area contributed by atoms with Gasteiger partial charge in [-0.2, -0.15) is 13.2 Å². The van der Waals surface area contributed by atoms with Crippen LogP contribution in [0.4, 0.5) is 13.2 Å². The highest BCUT2D eigenvalue weighted by Crippen LogP contribution is 2.30. The van der Waals surface area contributed by atoms with Gasteiger partial charge in [0, 0.05) is 0 Å². The Morgan fingerprint density at radius 1 is 0.842 bits per heavy atom. The highest BCUT2D eigenvalue weighted by Gasteiger charge is 2.29. The molecule has 98 valence electrons. The van der Waals surface area contributed by atoms with Crippen molar-refractivity contribution in [1.29, 1.82) is 0 Å². The Morgan fingerprint density at radius 3 is 1.68 bits per heavy atom. The van der Waals surface area contributed by atoms with Gasteiger partial charge < -0.3 is 0 Å². The molecule has 0 atom stereocenters. The Labute approximate surface area is 110 Å². The molecular weight excluding hydrogens is 249 g/mol. The van der Waals surface area contributed by atoms with Crippen molar-refractivity contribution in [3.63, 3.8) is 0 Å². The van der Waals surface area contributed by atoms with Crippen molar-refractivity contribution in [2.75, 3.05) is 0 Å². The van der Waals surface area contributed by atoms with E-state index in [1.165, 1.54) is 12.1 Å². The molecule has 0 saturated heterocycles. The first-order valence-corrected chi connectivity index (χ1v) is 5.81. The molecule has 0 N–H and O–H groups in total. The molecule has 0 fully saturated rings. The normalized spacial score (nSPS) is 11.4. The molecule has 2 aromatic rings. The first-order chi connectivity index (χ1) is 8.88. The smallest absolute Gasteiger partial charge is 0.166 e. The molecule has 0 aliphatic carbocycles. The minimum Gasteiger partial charge on any atom is -0.166 e. The zero-order valence-electron chi connectivity index (χ0n) is 10.5. The van der Waals surface area contributed by atoms with Gasteiger partial charge in [0.25, 0.3) is 0 Å².